The van der Waals surface area contributed by atoms with E-state index in [9.17, 15) is 0 Å². The van der Waals surface area contributed by atoms with Crippen LogP contribution in [0.15, 0.2) is 42.9 Å². The molecule has 0 bridgehead atoms. The van der Waals surface area contributed by atoms with Gasteiger partial charge in [0.15, 0.2) is 0 Å². The molecule has 0 saturated carbocycles. The number of fused-ring (bicyclic) bond motifs is 1. The average molecular weight is 275 g/mol. The van der Waals surface area contributed by atoms with E-state index in [-0.39, 0.29) is 0 Å². The van der Waals surface area contributed by atoms with Gasteiger partial charge in [0.25, 0.3) is 0 Å². The zero-order chi connectivity index (χ0) is 14.7. The summed E-state index contributed by atoms with van der Waals surface area (Å²) in [7, 11) is 1.82. The van der Waals surface area contributed by atoms with Gasteiger partial charge in [0.05, 0.1) is 5.56 Å². The van der Waals surface area contributed by atoms with Gasteiger partial charge >= 0.3 is 0 Å². The Morgan fingerprint density at radius 2 is 1.95 bits per heavy atom. The fraction of sp³-hybridized carbons (Fsp3) is 0.0625. The second kappa shape index (κ2) is 5.47. The molecular weight excluding hydrogens is 262 g/mol. The van der Waals surface area contributed by atoms with E-state index >= 15 is 0 Å². The zero-order valence-corrected chi connectivity index (χ0v) is 11.5. The molecule has 0 spiro atoms. The number of anilines is 2. The molecular formula is C16H13N5. The van der Waals surface area contributed by atoms with E-state index in [2.05, 4.69) is 32.1 Å². The lowest BCUT2D eigenvalue weighted by Gasteiger charge is -2.06. The molecule has 0 atom stereocenters. The Labute approximate surface area is 122 Å². The first kappa shape index (κ1) is 12.9. The van der Waals surface area contributed by atoms with Gasteiger partial charge in [0.1, 0.15) is 17.3 Å². The lowest BCUT2D eigenvalue weighted by Crippen LogP contribution is -1.97. The number of nitrogens with zero attached hydrogens (tertiary/aromatic N) is 3. The highest BCUT2D eigenvalue weighted by molar-refractivity contribution is 5.96. The van der Waals surface area contributed by atoms with Gasteiger partial charge in [-0.3, -0.25) is 0 Å². The van der Waals surface area contributed by atoms with E-state index < -0.39 is 0 Å². The quantitative estimate of drug-likeness (QED) is 0.665. The van der Waals surface area contributed by atoms with Crippen LogP contribution in [0.5, 0.6) is 0 Å². The zero-order valence-electron chi connectivity index (χ0n) is 11.5. The average Bonchev–Trinajstić information content (AvgIpc) is 2.53. The molecule has 0 amide bonds. The van der Waals surface area contributed by atoms with Crippen LogP contribution in [-0.2, 0) is 0 Å². The van der Waals surface area contributed by atoms with Crippen molar-refractivity contribution in [3.63, 3.8) is 0 Å². The van der Waals surface area contributed by atoms with Crippen LogP contribution < -0.4 is 11.1 Å². The molecule has 21 heavy (non-hydrogen) atoms. The Morgan fingerprint density at radius 3 is 2.71 bits per heavy atom. The van der Waals surface area contributed by atoms with Gasteiger partial charge in [0, 0.05) is 36.4 Å². The lowest BCUT2D eigenvalue weighted by molar-refractivity contribution is 1.28. The van der Waals surface area contributed by atoms with Gasteiger partial charge in [-0.2, -0.15) is 0 Å². The molecule has 0 aliphatic heterocycles. The summed E-state index contributed by atoms with van der Waals surface area (Å²) < 4.78 is 0. The summed E-state index contributed by atoms with van der Waals surface area (Å²) in [5, 5.41) is 4.85. The highest BCUT2D eigenvalue weighted by Crippen LogP contribution is 2.24. The first-order valence-electron chi connectivity index (χ1n) is 6.43. The number of nitrogen functional groups attached to an aromatic ring is 1. The number of nitrogens with one attached hydrogen (secondary N) is 1. The van der Waals surface area contributed by atoms with Gasteiger partial charge in [-0.1, -0.05) is 12.0 Å². The molecule has 102 valence electrons. The predicted molar refractivity (Wildman–Crippen MR) is 83.7 cm³/mol. The van der Waals surface area contributed by atoms with E-state index in [0.717, 1.165) is 22.2 Å². The second-order valence-corrected chi connectivity index (χ2v) is 4.39. The van der Waals surface area contributed by atoms with Crippen LogP contribution >= 0.6 is 0 Å². The van der Waals surface area contributed by atoms with Crippen molar-refractivity contribution in [2.24, 2.45) is 0 Å². The molecule has 5 heteroatoms. The van der Waals surface area contributed by atoms with Crippen LogP contribution in [0.3, 0.4) is 0 Å². The van der Waals surface area contributed by atoms with Crippen molar-refractivity contribution in [3.8, 4) is 11.8 Å². The molecule has 0 aromatic carbocycles. The molecule has 0 aliphatic rings. The molecule has 0 fully saturated rings. The third-order valence-electron chi connectivity index (χ3n) is 3.02. The van der Waals surface area contributed by atoms with Crippen molar-refractivity contribution in [1.29, 1.82) is 0 Å². The number of hydrogen-bond acceptors (Lipinski definition) is 5. The van der Waals surface area contributed by atoms with E-state index in [0.29, 0.717) is 11.5 Å². The Morgan fingerprint density at radius 1 is 1.05 bits per heavy atom. The minimum Gasteiger partial charge on any atom is -0.384 e. The second-order valence-electron chi connectivity index (χ2n) is 4.39. The van der Waals surface area contributed by atoms with E-state index in [1.54, 1.807) is 24.7 Å². The monoisotopic (exact) mass is 275 g/mol. The molecule has 0 aliphatic carbocycles. The van der Waals surface area contributed by atoms with Crippen LogP contribution in [0, 0.1) is 11.8 Å². The lowest BCUT2D eigenvalue weighted by atomic mass is 10.1. The van der Waals surface area contributed by atoms with Crippen molar-refractivity contribution in [2.75, 3.05) is 18.1 Å². The molecule has 3 rings (SSSR count). The molecule has 3 aromatic heterocycles. The molecule has 3 N–H and O–H groups in total. The highest BCUT2D eigenvalue weighted by Gasteiger charge is 2.06. The predicted octanol–water partition coefficient (Wildman–Crippen LogP) is 2.05. The first-order chi connectivity index (χ1) is 10.3. The van der Waals surface area contributed by atoms with E-state index in [1.807, 2.05) is 25.2 Å². The van der Waals surface area contributed by atoms with Gasteiger partial charge in [-0.25, -0.2) is 15.0 Å². The molecule has 0 saturated heterocycles. The Hall–Kier alpha value is -3.13. The van der Waals surface area contributed by atoms with Crippen molar-refractivity contribution in [1.82, 2.24) is 15.0 Å². The summed E-state index contributed by atoms with van der Waals surface area (Å²) in [6, 6.07) is 7.43. The maximum absolute atomic E-state index is 5.78. The van der Waals surface area contributed by atoms with Gasteiger partial charge in [-0.15, -0.1) is 0 Å². The van der Waals surface area contributed by atoms with E-state index in [1.165, 1.54) is 0 Å². The fourth-order valence-electron chi connectivity index (χ4n) is 2.02. The van der Waals surface area contributed by atoms with E-state index in [4.69, 9.17) is 5.73 Å². The topological polar surface area (TPSA) is 76.7 Å². The smallest absolute Gasteiger partial charge is 0.135 e. The van der Waals surface area contributed by atoms with Crippen molar-refractivity contribution < 1.29 is 0 Å². The van der Waals surface area contributed by atoms with Crippen molar-refractivity contribution in [2.45, 2.75) is 0 Å². The third kappa shape index (κ3) is 2.60. The van der Waals surface area contributed by atoms with Crippen LogP contribution in [0.4, 0.5) is 11.6 Å². The van der Waals surface area contributed by atoms with Crippen LogP contribution in [0.2, 0.25) is 0 Å². The van der Waals surface area contributed by atoms with Crippen molar-refractivity contribution in [3.05, 3.63) is 54.1 Å². The Balaban J connectivity index is 2.16. The maximum Gasteiger partial charge on any atom is 0.135 e. The SMILES string of the molecule is CNc1ncc(C#Cc2ccccn2)c2cc(N)ncc12. The molecule has 0 radical (unpaired) electrons. The summed E-state index contributed by atoms with van der Waals surface area (Å²) >= 11 is 0. The summed E-state index contributed by atoms with van der Waals surface area (Å²) in [6.45, 7) is 0. The molecule has 5 nitrogen and oxygen atoms in total. The minimum absolute atomic E-state index is 0.455. The first-order valence-corrected chi connectivity index (χ1v) is 6.43. The Kier molecular flexibility index (Phi) is 3.36. The molecule has 3 aromatic rings. The highest BCUT2D eigenvalue weighted by atomic mass is 15.0. The van der Waals surface area contributed by atoms with Gasteiger partial charge in [0.2, 0.25) is 0 Å². The normalized spacial score (nSPS) is 9.95. The van der Waals surface area contributed by atoms with Crippen LogP contribution in [0.25, 0.3) is 10.8 Å². The number of hydrogen-bond donors (Lipinski definition) is 2. The van der Waals surface area contributed by atoms with Crippen molar-refractivity contribution >= 4 is 22.4 Å². The standard InChI is InChI=1S/C16H13N5/c1-18-16-14-10-20-15(17)8-13(14)11(9-21-16)5-6-12-4-2-3-7-19-12/h2-4,7-10H,1H3,(H2,17,20)(H,18,21). The van der Waals surface area contributed by atoms with Crippen LogP contribution in [-0.4, -0.2) is 22.0 Å². The van der Waals surface area contributed by atoms with Gasteiger partial charge in [-0.05, 0) is 24.1 Å². The number of aromatic nitrogens is 3. The number of pyridine rings is 3. The molecule has 0 unspecified atom stereocenters. The summed E-state index contributed by atoms with van der Waals surface area (Å²) in [5.74, 6) is 7.33. The summed E-state index contributed by atoms with van der Waals surface area (Å²) in [4.78, 5) is 12.6. The van der Waals surface area contributed by atoms with Crippen LogP contribution in [0.1, 0.15) is 11.3 Å². The molecule has 3 heterocycles. The number of nitrogens with two attached hydrogens (primary N) is 1. The Bertz CT molecular complexity index is 847. The summed E-state index contributed by atoms with van der Waals surface area (Å²) in [5.41, 5.74) is 7.29. The maximum atomic E-state index is 5.78. The summed E-state index contributed by atoms with van der Waals surface area (Å²) in [6.07, 6.45) is 5.14. The minimum atomic E-state index is 0.455. The fourth-order valence-corrected chi connectivity index (χ4v) is 2.02. The largest absolute Gasteiger partial charge is 0.384 e. The number of rotatable bonds is 1. The third-order valence-corrected chi connectivity index (χ3v) is 3.02. The van der Waals surface area contributed by atoms with Gasteiger partial charge < -0.3 is 11.1 Å².